The summed E-state index contributed by atoms with van der Waals surface area (Å²) in [6, 6.07) is 0. The first-order valence-electron chi connectivity index (χ1n) is 4.78. The maximum Gasteiger partial charge on any atom is 0.332 e. The van der Waals surface area contributed by atoms with Crippen LogP contribution in [0.1, 0.15) is 26.2 Å². The standard InChI is InChI=1S/C10H17NO2/c1-3-4-8-5-6-11(2)7-9(8)10(12)13/h3-7H2,1-2H3,(H,12,13). The van der Waals surface area contributed by atoms with E-state index < -0.39 is 5.97 Å². The van der Waals surface area contributed by atoms with Crippen molar-refractivity contribution in [1.29, 1.82) is 0 Å². The van der Waals surface area contributed by atoms with Crippen LogP contribution in [0.3, 0.4) is 0 Å². The minimum Gasteiger partial charge on any atom is -0.478 e. The van der Waals surface area contributed by atoms with E-state index in [1.807, 2.05) is 7.05 Å². The molecular formula is C10H17NO2. The van der Waals surface area contributed by atoms with Crippen molar-refractivity contribution in [1.82, 2.24) is 4.90 Å². The van der Waals surface area contributed by atoms with E-state index in [0.29, 0.717) is 12.1 Å². The summed E-state index contributed by atoms with van der Waals surface area (Å²) >= 11 is 0. The second-order valence-electron chi connectivity index (χ2n) is 3.63. The number of carboxylic acid groups (broad SMARTS) is 1. The molecule has 1 heterocycles. The molecule has 0 spiro atoms. The molecule has 0 aromatic heterocycles. The van der Waals surface area contributed by atoms with Crippen molar-refractivity contribution in [2.24, 2.45) is 0 Å². The molecule has 0 bridgehead atoms. The first kappa shape index (κ1) is 10.3. The Morgan fingerprint density at radius 1 is 1.62 bits per heavy atom. The van der Waals surface area contributed by atoms with Crippen molar-refractivity contribution in [3.63, 3.8) is 0 Å². The van der Waals surface area contributed by atoms with Crippen LogP contribution < -0.4 is 0 Å². The lowest BCUT2D eigenvalue weighted by molar-refractivity contribution is -0.133. The first-order chi connectivity index (χ1) is 6.15. The highest BCUT2D eigenvalue weighted by atomic mass is 16.4. The second kappa shape index (κ2) is 4.42. The summed E-state index contributed by atoms with van der Waals surface area (Å²) in [5.74, 6) is -0.741. The minimum absolute atomic E-state index is 0.602. The molecule has 0 aliphatic carbocycles. The Balaban J connectivity index is 2.80. The fourth-order valence-corrected chi connectivity index (χ4v) is 1.73. The number of nitrogens with zero attached hydrogens (tertiary/aromatic N) is 1. The van der Waals surface area contributed by atoms with Gasteiger partial charge in [-0.3, -0.25) is 0 Å². The van der Waals surface area contributed by atoms with Crippen LogP contribution in [0.25, 0.3) is 0 Å². The molecule has 3 heteroatoms. The molecule has 0 radical (unpaired) electrons. The van der Waals surface area contributed by atoms with Crippen molar-refractivity contribution < 1.29 is 9.90 Å². The zero-order valence-electron chi connectivity index (χ0n) is 8.34. The predicted octanol–water partition coefficient (Wildman–Crippen LogP) is 1.50. The summed E-state index contributed by atoms with van der Waals surface area (Å²) in [4.78, 5) is 13.0. The molecule has 0 atom stereocenters. The predicted molar refractivity (Wildman–Crippen MR) is 51.7 cm³/mol. The third-order valence-corrected chi connectivity index (χ3v) is 2.46. The van der Waals surface area contributed by atoms with E-state index in [4.69, 9.17) is 5.11 Å². The number of likely N-dealkylation sites (N-methyl/N-ethyl adjacent to an activating group) is 1. The maximum atomic E-state index is 10.9. The molecular weight excluding hydrogens is 166 g/mol. The van der Waals surface area contributed by atoms with Crippen molar-refractivity contribution in [3.05, 3.63) is 11.1 Å². The minimum atomic E-state index is -0.741. The third kappa shape index (κ3) is 2.56. The van der Waals surface area contributed by atoms with Gasteiger partial charge in [0.25, 0.3) is 0 Å². The quantitative estimate of drug-likeness (QED) is 0.721. The molecule has 0 fully saturated rings. The van der Waals surface area contributed by atoms with Crippen molar-refractivity contribution in [2.75, 3.05) is 20.1 Å². The molecule has 0 unspecified atom stereocenters. The fraction of sp³-hybridized carbons (Fsp3) is 0.700. The van der Waals surface area contributed by atoms with Gasteiger partial charge in [-0.1, -0.05) is 18.9 Å². The van der Waals surface area contributed by atoms with Gasteiger partial charge in [-0.25, -0.2) is 4.79 Å². The Kier molecular flexibility index (Phi) is 3.48. The Labute approximate surface area is 79.0 Å². The summed E-state index contributed by atoms with van der Waals surface area (Å²) in [5, 5.41) is 8.97. The zero-order valence-corrected chi connectivity index (χ0v) is 8.34. The molecule has 1 N–H and O–H groups in total. The average molecular weight is 183 g/mol. The van der Waals surface area contributed by atoms with Gasteiger partial charge in [-0.05, 0) is 19.9 Å². The molecule has 74 valence electrons. The van der Waals surface area contributed by atoms with E-state index in [9.17, 15) is 4.79 Å². The highest BCUT2D eigenvalue weighted by molar-refractivity contribution is 5.88. The first-order valence-corrected chi connectivity index (χ1v) is 4.78. The molecule has 0 aromatic carbocycles. The van der Waals surface area contributed by atoms with Gasteiger partial charge in [0.05, 0.1) is 5.57 Å². The van der Waals surface area contributed by atoms with Gasteiger partial charge < -0.3 is 10.0 Å². The van der Waals surface area contributed by atoms with E-state index in [2.05, 4.69) is 11.8 Å². The number of hydrogen-bond acceptors (Lipinski definition) is 2. The molecule has 1 rings (SSSR count). The molecule has 0 saturated carbocycles. The van der Waals surface area contributed by atoms with Gasteiger partial charge in [-0.15, -0.1) is 0 Å². The smallest absolute Gasteiger partial charge is 0.332 e. The van der Waals surface area contributed by atoms with Crippen LogP contribution in [0.15, 0.2) is 11.1 Å². The van der Waals surface area contributed by atoms with E-state index in [1.165, 1.54) is 0 Å². The lowest BCUT2D eigenvalue weighted by Crippen LogP contribution is -2.30. The third-order valence-electron chi connectivity index (χ3n) is 2.46. The van der Waals surface area contributed by atoms with Gasteiger partial charge in [0.2, 0.25) is 0 Å². The lowest BCUT2D eigenvalue weighted by Gasteiger charge is -2.25. The molecule has 0 aromatic rings. The number of carbonyl (C=O) groups is 1. The van der Waals surface area contributed by atoms with Gasteiger partial charge in [0, 0.05) is 13.1 Å². The van der Waals surface area contributed by atoms with Gasteiger partial charge in [-0.2, -0.15) is 0 Å². The van der Waals surface area contributed by atoms with Crippen molar-refractivity contribution in [2.45, 2.75) is 26.2 Å². The molecule has 13 heavy (non-hydrogen) atoms. The van der Waals surface area contributed by atoms with Gasteiger partial charge in [0.15, 0.2) is 0 Å². The molecule has 1 aliphatic heterocycles. The summed E-state index contributed by atoms with van der Waals surface area (Å²) < 4.78 is 0. The van der Waals surface area contributed by atoms with Crippen LogP contribution in [-0.2, 0) is 4.79 Å². The molecule has 0 amide bonds. The van der Waals surface area contributed by atoms with Crippen molar-refractivity contribution >= 4 is 5.97 Å². The van der Waals surface area contributed by atoms with E-state index in [1.54, 1.807) is 0 Å². The van der Waals surface area contributed by atoms with E-state index in [0.717, 1.165) is 31.4 Å². The van der Waals surface area contributed by atoms with Crippen LogP contribution in [0, 0.1) is 0 Å². The van der Waals surface area contributed by atoms with Crippen LogP contribution in [0.4, 0.5) is 0 Å². The largest absolute Gasteiger partial charge is 0.478 e. The van der Waals surface area contributed by atoms with Crippen LogP contribution in [-0.4, -0.2) is 36.1 Å². The molecule has 1 aliphatic rings. The number of rotatable bonds is 3. The zero-order chi connectivity index (χ0) is 9.84. The van der Waals surface area contributed by atoms with E-state index >= 15 is 0 Å². The lowest BCUT2D eigenvalue weighted by atomic mass is 9.96. The van der Waals surface area contributed by atoms with Crippen LogP contribution in [0.2, 0.25) is 0 Å². The Hall–Kier alpha value is -0.830. The highest BCUT2D eigenvalue weighted by Crippen LogP contribution is 2.21. The summed E-state index contributed by atoms with van der Waals surface area (Å²) in [6.45, 7) is 3.68. The topological polar surface area (TPSA) is 40.5 Å². The Morgan fingerprint density at radius 2 is 2.31 bits per heavy atom. The highest BCUT2D eigenvalue weighted by Gasteiger charge is 2.20. The Bertz CT molecular complexity index is 233. The van der Waals surface area contributed by atoms with Gasteiger partial charge >= 0.3 is 5.97 Å². The van der Waals surface area contributed by atoms with Crippen molar-refractivity contribution in [3.8, 4) is 0 Å². The fourth-order valence-electron chi connectivity index (χ4n) is 1.73. The maximum absolute atomic E-state index is 10.9. The van der Waals surface area contributed by atoms with Gasteiger partial charge in [0.1, 0.15) is 0 Å². The molecule has 0 saturated heterocycles. The SMILES string of the molecule is CCCC1=C(C(=O)O)CN(C)CC1. The number of hydrogen-bond donors (Lipinski definition) is 1. The summed E-state index contributed by atoms with van der Waals surface area (Å²) in [7, 11) is 1.96. The van der Waals surface area contributed by atoms with Crippen LogP contribution >= 0.6 is 0 Å². The number of aliphatic carboxylic acids is 1. The monoisotopic (exact) mass is 183 g/mol. The Morgan fingerprint density at radius 3 is 2.85 bits per heavy atom. The molecule has 3 nitrogen and oxygen atoms in total. The second-order valence-corrected chi connectivity index (χ2v) is 3.63. The average Bonchev–Trinajstić information content (AvgIpc) is 2.08. The number of carboxylic acids is 1. The summed E-state index contributed by atoms with van der Waals surface area (Å²) in [5.41, 5.74) is 1.77. The van der Waals surface area contributed by atoms with Crippen LogP contribution in [0.5, 0.6) is 0 Å². The summed E-state index contributed by atoms with van der Waals surface area (Å²) in [6.07, 6.45) is 2.90. The normalized spacial score (nSPS) is 19.2. The van der Waals surface area contributed by atoms with E-state index in [-0.39, 0.29) is 0 Å².